The lowest BCUT2D eigenvalue weighted by atomic mass is 9.85. The molecule has 26 heavy (non-hydrogen) atoms. The van der Waals surface area contributed by atoms with Crippen LogP contribution in [0, 0.1) is 22.7 Å². The number of amides is 3. The largest absolute Gasteiger partial charge is 0.480 e. The Morgan fingerprint density at radius 3 is 2.27 bits per heavy atom. The number of urea groups is 1. The lowest BCUT2D eigenvalue weighted by molar-refractivity contribution is -0.152. The molecule has 3 N–H and O–H groups in total. The first-order chi connectivity index (χ1) is 15.3. The van der Waals surface area contributed by atoms with Crippen LogP contribution in [0.25, 0.3) is 0 Å². The minimum absolute atomic E-state index is 0.0451. The van der Waals surface area contributed by atoms with E-state index in [1.54, 1.807) is 26.1 Å². The SMILES string of the molecule is [2H]C([2H])([2H])C(NC(=O)N[C@H](C(=O)N1C[C@H]2[C@@H]([C@H]1C(=O)O)C2(C)C)C(C)(C)C)(C([2H])([2H])[2H])C([2H])([2H])[2H]. The lowest BCUT2D eigenvalue weighted by Crippen LogP contribution is -2.60. The molecule has 1 saturated heterocycles. The maximum Gasteiger partial charge on any atom is 0.326 e. The minimum Gasteiger partial charge on any atom is -0.480 e. The quantitative estimate of drug-likeness (QED) is 0.702. The molecule has 0 aromatic rings. The fourth-order valence-electron chi connectivity index (χ4n) is 3.95. The topological polar surface area (TPSA) is 98.7 Å². The summed E-state index contributed by atoms with van der Waals surface area (Å²) in [6, 6.07) is -4.02. The van der Waals surface area contributed by atoms with Gasteiger partial charge in [0, 0.05) is 30.3 Å². The third-order valence-corrected chi connectivity index (χ3v) is 5.43. The van der Waals surface area contributed by atoms with Crippen LogP contribution in [0.15, 0.2) is 0 Å². The average molecular weight is 377 g/mol. The fraction of sp³-hybridized carbons (Fsp3) is 0.842. The normalized spacial score (nSPS) is 34.7. The predicted octanol–water partition coefficient (Wildman–Crippen LogP) is 2.07. The third-order valence-electron chi connectivity index (χ3n) is 5.43. The van der Waals surface area contributed by atoms with Gasteiger partial charge in [-0.2, -0.15) is 0 Å². The van der Waals surface area contributed by atoms with Gasteiger partial charge in [-0.3, -0.25) is 4.79 Å². The van der Waals surface area contributed by atoms with Crippen LogP contribution in [0.5, 0.6) is 0 Å². The summed E-state index contributed by atoms with van der Waals surface area (Å²) in [5.74, 6) is -2.26. The number of carbonyl (C=O) groups excluding carboxylic acids is 2. The molecule has 1 aliphatic heterocycles. The molecule has 2 aliphatic rings. The van der Waals surface area contributed by atoms with Gasteiger partial charge in [-0.25, -0.2) is 9.59 Å². The van der Waals surface area contributed by atoms with Crippen LogP contribution in [0.4, 0.5) is 4.79 Å². The molecular weight excluding hydrogens is 334 g/mol. The highest BCUT2D eigenvalue weighted by molar-refractivity contribution is 5.92. The van der Waals surface area contributed by atoms with Crippen molar-refractivity contribution in [2.75, 3.05) is 6.54 Å². The summed E-state index contributed by atoms with van der Waals surface area (Å²) in [6.07, 6.45) is 0. The van der Waals surface area contributed by atoms with Crippen molar-refractivity contribution < 1.29 is 31.8 Å². The van der Waals surface area contributed by atoms with E-state index in [4.69, 9.17) is 12.3 Å². The molecule has 1 heterocycles. The zero-order valence-electron chi connectivity index (χ0n) is 24.6. The standard InChI is InChI=1S/C19H33N3O4/c1-17(2,3)13(20-16(26)21-18(4,5)6)14(23)22-9-10-11(19(10,7)8)12(22)15(24)25/h10-13H,9H2,1-8H3,(H,24,25)(H2,20,21,26)/t10-,11-,12-,13+/m0/s1/i4D3,5D3,6D3. The number of carboxylic acids is 1. The Bertz CT molecular complexity index is 854. The summed E-state index contributed by atoms with van der Waals surface area (Å²) in [7, 11) is 0. The van der Waals surface area contributed by atoms with Crippen LogP contribution in [-0.2, 0) is 9.59 Å². The summed E-state index contributed by atoms with van der Waals surface area (Å²) < 4.78 is 68.7. The van der Waals surface area contributed by atoms with Gasteiger partial charge < -0.3 is 20.6 Å². The average Bonchev–Trinajstić information content (AvgIpc) is 2.97. The molecule has 0 aromatic heterocycles. The van der Waals surface area contributed by atoms with E-state index in [0.717, 1.165) is 4.90 Å². The zero-order valence-corrected chi connectivity index (χ0v) is 15.6. The number of carbonyl (C=O) groups is 3. The summed E-state index contributed by atoms with van der Waals surface area (Å²) in [5, 5.41) is 13.6. The number of nitrogens with one attached hydrogen (secondary N) is 2. The Morgan fingerprint density at radius 1 is 1.23 bits per heavy atom. The predicted molar refractivity (Wildman–Crippen MR) is 98.6 cm³/mol. The second-order valence-electron chi connectivity index (χ2n) is 8.87. The van der Waals surface area contributed by atoms with Crippen molar-refractivity contribution in [1.82, 2.24) is 15.5 Å². The number of hydrogen-bond acceptors (Lipinski definition) is 3. The monoisotopic (exact) mass is 376 g/mol. The number of aliphatic carboxylic acids is 1. The molecule has 148 valence electrons. The molecule has 1 saturated carbocycles. The number of carboxylic acid groups (broad SMARTS) is 1. The van der Waals surface area contributed by atoms with Crippen molar-refractivity contribution in [3.63, 3.8) is 0 Å². The Morgan fingerprint density at radius 2 is 1.81 bits per heavy atom. The number of piperidine rings is 1. The van der Waals surface area contributed by atoms with Crippen LogP contribution in [0.3, 0.4) is 0 Å². The van der Waals surface area contributed by atoms with Crippen molar-refractivity contribution in [3.05, 3.63) is 0 Å². The number of rotatable bonds is 3. The lowest BCUT2D eigenvalue weighted by Gasteiger charge is -2.37. The summed E-state index contributed by atoms with van der Waals surface area (Å²) >= 11 is 0. The van der Waals surface area contributed by atoms with Gasteiger partial charge in [0.2, 0.25) is 5.91 Å². The summed E-state index contributed by atoms with van der Waals surface area (Å²) in [4.78, 5) is 39.5. The maximum atomic E-state index is 13.5. The fourth-order valence-corrected chi connectivity index (χ4v) is 3.95. The van der Waals surface area contributed by atoms with Crippen LogP contribution in [0.1, 0.15) is 67.5 Å². The van der Waals surface area contributed by atoms with Crippen LogP contribution < -0.4 is 10.6 Å². The van der Waals surface area contributed by atoms with Crippen LogP contribution in [-0.4, -0.2) is 52.1 Å². The van der Waals surface area contributed by atoms with Gasteiger partial charge in [0.25, 0.3) is 0 Å². The molecule has 2 fully saturated rings. The molecule has 4 atom stereocenters. The van der Waals surface area contributed by atoms with Gasteiger partial charge >= 0.3 is 12.0 Å². The zero-order chi connectivity index (χ0) is 27.7. The first-order valence-corrected chi connectivity index (χ1v) is 8.44. The molecular formula is C19H33N3O4. The Kier molecular flexibility index (Phi) is 2.63. The van der Waals surface area contributed by atoms with E-state index in [-0.39, 0.29) is 23.8 Å². The molecule has 0 aromatic carbocycles. The minimum atomic E-state index is -3.67. The maximum absolute atomic E-state index is 13.5. The van der Waals surface area contributed by atoms with Gasteiger partial charge in [-0.05, 0) is 37.3 Å². The molecule has 0 spiro atoms. The third kappa shape index (κ3) is 3.81. The van der Waals surface area contributed by atoms with Gasteiger partial charge in [0.05, 0.1) is 0 Å². The molecule has 3 amide bonds. The van der Waals surface area contributed by atoms with Gasteiger partial charge in [0.1, 0.15) is 12.1 Å². The molecule has 2 rings (SSSR count). The summed E-state index contributed by atoms with van der Waals surface area (Å²) in [6.45, 7) is -2.34. The first-order valence-electron chi connectivity index (χ1n) is 12.9. The number of likely N-dealkylation sites (tertiary alicyclic amines) is 1. The van der Waals surface area contributed by atoms with Crippen LogP contribution in [0.2, 0.25) is 0 Å². The van der Waals surface area contributed by atoms with Gasteiger partial charge in [-0.1, -0.05) is 34.6 Å². The summed E-state index contributed by atoms with van der Waals surface area (Å²) in [5.41, 5.74) is -4.91. The molecule has 0 radical (unpaired) electrons. The van der Waals surface area contributed by atoms with E-state index in [0.29, 0.717) is 0 Å². The Hall–Kier alpha value is -1.79. The van der Waals surface area contributed by atoms with Crippen molar-refractivity contribution >= 4 is 17.9 Å². The highest BCUT2D eigenvalue weighted by Gasteiger charge is 2.70. The van der Waals surface area contributed by atoms with Crippen LogP contribution >= 0.6 is 0 Å². The van der Waals surface area contributed by atoms with E-state index in [1.807, 2.05) is 13.8 Å². The Labute approximate surface area is 168 Å². The van der Waals surface area contributed by atoms with E-state index in [2.05, 4.69) is 5.32 Å². The molecule has 0 bridgehead atoms. The van der Waals surface area contributed by atoms with E-state index >= 15 is 0 Å². The number of hydrogen-bond donors (Lipinski definition) is 3. The second kappa shape index (κ2) is 6.13. The number of fused-ring (bicyclic) bond motifs is 1. The molecule has 7 heteroatoms. The van der Waals surface area contributed by atoms with Crippen molar-refractivity contribution in [3.8, 4) is 0 Å². The van der Waals surface area contributed by atoms with E-state index < -0.39 is 61.5 Å². The molecule has 0 unspecified atom stereocenters. The Balaban J connectivity index is 2.39. The van der Waals surface area contributed by atoms with E-state index in [1.165, 1.54) is 0 Å². The van der Waals surface area contributed by atoms with Crippen molar-refractivity contribution in [1.29, 1.82) is 0 Å². The molecule has 1 aliphatic carbocycles. The smallest absolute Gasteiger partial charge is 0.326 e. The molecule has 7 nitrogen and oxygen atoms in total. The van der Waals surface area contributed by atoms with Crippen molar-refractivity contribution in [2.45, 2.75) is 72.8 Å². The highest BCUT2D eigenvalue weighted by Crippen LogP contribution is 2.64. The second-order valence-corrected chi connectivity index (χ2v) is 8.87. The van der Waals surface area contributed by atoms with Gasteiger partial charge in [-0.15, -0.1) is 0 Å². The number of nitrogens with zero attached hydrogens (tertiary/aromatic N) is 1. The van der Waals surface area contributed by atoms with Gasteiger partial charge in [0.15, 0.2) is 0 Å². The first kappa shape index (κ1) is 11.1. The van der Waals surface area contributed by atoms with E-state index in [9.17, 15) is 19.5 Å². The highest BCUT2D eigenvalue weighted by atomic mass is 16.4. The van der Waals surface area contributed by atoms with Crippen molar-refractivity contribution in [2.24, 2.45) is 22.7 Å².